The molecule has 1 N–H and O–H groups in total. The van der Waals surface area contributed by atoms with Crippen LogP contribution in [0.4, 0.5) is 5.69 Å². The van der Waals surface area contributed by atoms with Crippen molar-refractivity contribution in [2.45, 2.75) is 20.8 Å². The molecule has 0 bridgehead atoms. The molecule has 0 aliphatic heterocycles. The third kappa shape index (κ3) is 3.19. The number of aryl methyl sites for hydroxylation is 3. The molecule has 26 heavy (non-hydrogen) atoms. The monoisotopic (exact) mass is 352 g/mol. The van der Waals surface area contributed by atoms with E-state index in [-0.39, 0.29) is 28.2 Å². The van der Waals surface area contributed by atoms with E-state index in [2.05, 4.69) is 4.98 Å². The second kappa shape index (κ2) is 6.44. The smallest absolute Gasteiger partial charge is 0.362 e. The van der Waals surface area contributed by atoms with Crippen molar-refractivity contribution in [3.63, 3.8) is 0 Å². The van der Waals surface area contributed by atoms with Crippen molar-refractivity contribution in [1.29, 1.82) is 0 Å². The molecule has 0 aliphatic carbocycles. The molecule has 0 atom stereocenters. The Morgan fingerprint density at radius 3 is 2.46 bits per heavy atom. The van der Waals surface area contributed by atoms with Gasteiger partial charge in [0, 0.05) is 17.7 Å². The van der Waals surface area contributed by atoms with Crippen LogP contribution < -0.4 is 5.63 Å². The van der Waals surface area contributed by atoms with E-state index in [4.69, 9.17) is 4.42 Å². The number of aromatic nitrogens is 1. The molecule has 0 saturated heterocycles. The summed E-state index contributed by atoms with van der Waals surface area (Å²) >= 11 is 0. The highest BCUT2D eigenvalue weighted by Gasteiger charge is 2.13. The molecule has 132 valence electrons. The van der Waals surface area contributed by atoms with E-state index in [1.54, 1.807) is 0 Å². The molecule has 7 heteroatoms. The third-order valence-electron chi connectivity index (χ3n) is 4.01. The molecule has 0 radical (unpaired) electrons. The van der Waals surface area contributed by atoms with E-state index in [0.717, 1.165) is 22.8 Å². The molecule has 7 nitrogen and oxygen atoms in total. The van der Waals surface area contributed by atoms with Gasteiger partial charge in [0.1, 0.15) is 11.3 Å². The van der Waals surface area contributed by atoms with Gasteiger partial charge in [0.2, 0.25) is 0 Å². The number of nitro groups is 1. The van der Waals surface area contributed by atoms with E-state index in [9.17, 15) is 20.0 Å². The zero-order valence-electron chi connectivity index (χ0n) is 14.4. The molecule has 1 aromatic heterocycles. The molecular formula is C19H16N2O5. The largest absolute Gasteiger partial charge is 0.507 e. The number of hydrogen-bond donors (Lipinski definition) is 1. The highest BCUT2D eigenvalue weighted by Crippen LogP contribution is 2.24. The first-order valence-electron chi connectivity index (χ1n) is 7.84. The van der Waals surface area contributed by atoms with Crippen LogP contribution in [0.1, 0.15) is 27.9 Å². The van der Waals surface area contributed by atoms with Crippen molar-refractivity contribution in [3.8, 4) is 0 Å². The summed E-state index contributed by atoms with van der Waals surface area (Å²) in [5.74, 6) is -0.0962. The van der Waals surface area contributed by atoms with Gasteiger partial charge < -0.3 is 9.52 Å². The number of hydrogen-bond acceptors (Lipinski definition) is 6. The van der Waals surface area contributed by atoms with E-state index in [0.29, 0.717) is 5.56 Å². The lowest BCUT2D eigenvalue weighted by molar-refractivity contribution is -0.384. The standard InChI is InChI=1S/C19H16N2O5/c1-10-6-11(2)18(12(3)7-10)16(22)9-15-19(23)26-17-8-13(21(24)25)4-5-14(17)20-15/h4-9,22H,1-3H3. The Bertz CT molecular complexity index is 1110. The van der Waals surface area contributed by atoms with Crippen molar-refractivity contribution in [3.05, 3.63) is 78.8 Å². The zero-order valence-corrected chi connectivity index (χ0v) is 14.4. The number of non-ortho nitro benzene ring substituents is 1. The minimum absolute atomic E-state index is 0.0172. The highest BCUT2D eigenvalue weighted by atomic mass is 16.6. The third-order valence-corrected chi connectivity index (χ3v) is 4.01. The summed E-state index contributed by atoms with van der Waals surface area (Å²) in [5, 5.41) is 21.3. The molecule has 3 rings (SSSR count). The number of aliphatic hydroxyl groups excluding tert-OH is 1. The number of nitro benzene ring substituents is 1. The van der Waals surface area contributed by atoms with Gasteiger partial charge in [-0.3, -0.25) is 10.1 Å². The Balaban J connectivity index is 2.12. The average Bonchev–Trinajstić information content (AvgIpc) is 2.54. The molecule has 0 unspecified atom stereocenters. The first kappa shape index (κ1) is 17.3. The SMILES string of the molecule is Cc1cc(C)c(C(O)=Cc2nc3ccc([N+](=O)[O-])cc3oc2=O)c(C)c1. The Morgan fingerprint density at radius 2 is 1.85 bits per heavy atom. The highest BCUT2D eigenvalue weighted by molar-refractivity contribution is 5.81. The minimum atomic E-state index is -0.785. The summed E-state index contributed by atoms with van der Waals surface area (Å²) in [7, 11) is 0. The predicted octanol–water partition coefficient (Wildman–Crippen LogP) is 4.08. The molecule has 2 aromatic carbocycles. The fourth-order valence-electron chi connectivity index (χ4n) is 2.99. The summed E-state index contributed by atoms with van der Waals surface area (Å²) in [6.07, 6.45) is 1.25. The molecule has 0 spiro atoms. The maximum Gasteiger partial charge on any atom is 0.362 e. The fourth-order valence-corrected chi connectivity index (χ4v) is 2.99. The van der Waals surface area contributed by atoms with Crippen molar-refractivity contribution >= 4 is 28.6 Å². The van der Waals surface area contributed by atoms with Gasteiger partial charge in [0.25, 0.3) is 5.69 Å². The second-order valence-electron chi connectivity index (χ2n) is 6.10. The minimum Gasteiger partial charge on any atom is -0.507 e. The molecule has 0 fully saturated rings. The first-order chi connectivity index (χ1) is 12.3. The summed E-state index contributed by atoms with van der Waals surface area (Å²) in [6.45, 7) is 5.70. The van der Waals surface area contributed by atoms with Gasteiger partial charge >= 0.3 is 5.63 Å². The van der Waals surface area contributed by atoms with Crippen molar-refractivity contribution in [2.75, 3.05) is 0 Å². The van der Waals surface area contributed by atoms with Gasteiger partial charge in [0.05, 0.1) is 11.0 Å². The predicted molar refractivity (Wildman–Crippen MR) is 98.1 cm³/mol. The fraction of sp³-hybridized carbons (Fsp3) is 0.158. The van der Waals surface area contributed by atoms with Gasteiger partial charge in [-0.2, -0.15) is 0 Å². The van der Waals surface area contributed by atoms with Crippen LogP contribution in [0.5, 0.6) is 0 Å². The number of nitrogens with zero attached hydrogens (tertiary/aromatic N) is 2. The first-order valence-corrected chi connectivity index (χ1v) is 7.84. The maximum absolute atomic E-state index is 12.2. The lowest BCUT2D eigenvalue weighted by Gasteiger charge is -2.10. The summed E-state index contributed by atoms with van der Waals surface area (Å²) < 4.78 is 5.12. The molecule has 0 saturated carbocycles. The lowest BCUT2D eigenvalue weighted by Crippen LogP contribution is -2.07. The molecule has 0 amide bonds. The molecule has 0 aliphatic rings. The normalized spacial score (nSPS) is 11.7. The summed E-state index contributed by atoms with van der Waals surface area (Å²) in [6, 6.07) is 7.68. The van der Waals surface area contributed by atoms with Gasteiger partial charge in [-0.1, -0.05) is 17.7 Å². The Hall–Kier alpha value is -3.48. The van der Waals surface area contributed by atoms with Crippen LogP contribution in [0.25, 0.3) is 22.9 Å². The van der Waals surface area contributed by atoms with Crippen molar-refractivity contribution < 1.29 is 14.4 Å². The van der Waals surface area contributed by atoms with E-state index < -0.39 is 10.5 Å². The lowest BCUT2D eigenvalue weighted by atomic mass is 9.98. The number of benzene rings is 2. The van der Waals surface area contributed by atoms with Gasteiger partial charge in [-0.15, -0.1) is 0 Å². The molecule has 1 heterocycles. The van der Waals surface area contributed by atoms with Crippen LogP contribution in [-0.4, -0.2) is 15.0 Å². The van der Waals surface area contributed by atoms with Crippen LogP contribution in [0.15, 0.2) is 39.5 Å². The van der Waals surface area contributed by atoms with Gasteiger partial charge in [-0.05, 0) is 38.0 Å². The van der Waals surface area contributed by atoms with E-state index >= 15 is 0 Å². The van der Waals surface area contributed by atoms with E-state index in [1.807, 2.05) is 32.9 Å². The molecule has 3 aromatic rings. The second-order valence-corrected chi connectivity index (χ2v) is 6.10. The quantitative estimate of drug-likeness (QED) is 0.432. The molecular weight excluding hydrogens is 336 g/mol. The van der Waals surface area contributed by atoms with Crippen LogP contribution in [0.3, 0.4) is 0 Å². The Kier molecular flexibility index (Phi) is 4.29. The van der Waals surface area contributed by atoms with Crippen LogP contribution in [-0.2, 0) is 0 Å². The topological polar surface area (TPSA) is 106 Å². The average molecular weight is 352 g/mol. The van der Waals surface area contributed by atoms with Crippen LogP contribution in [0, 0.1) is 30.9 Å². The maximum atomic E-state index is 12.2. The Labute approximate surface area is 148 Å². The van der Waals surface area contributed by atoms with Crippen LogP contribution in [0.2, 0.25) is 0 Å². The Morgan fingerprint density at radius 1 is 1.19 bits per heavy atom. The number of rotatable bonds is 3. The number of fused-ring (bicyclic) bond motifs is 1. The van der Waals surface area contributed by atoms with Gasteiger partial charge in [0.15, 0.2) is 11.3 Å². The summed E-state index contributed by atoms with van der Waals surface area (Å²) in [5.41, 5.74) is 2.68. The summed E-state index contributed by atoms with van der Waals surface area (Å²) in [4.78, 5) is 26.5. The van der Waals surface area contributed by atoms with Crippen molar-refractivity contribution in [1.82, 2.24) is 4.98 Å². The van der Waals surface area contributed by atoms with E-state index in [1.165, 1.54) is 18.2 Å². The zero-order chi connectivity index (χ0) is 19.0. The van der Waals surface area contributed by atoms with Crippen molar-refractivity contribution in [2.24, 2.45) is 0 Å². The number of aliphatic hydroxyl groups is 1. The van der Waals surface area contributed by atoms with Crippen LogP contribution >= 0.6 is 0 Å². The van der Waals surface area contributed by atoms with Gasteiger partial charge in [-0.25, -0.2) is 9.78 Å².